The zero-order valence-corrected chi connectivity index (χ0v) is 23.4. The van der Waals surface area contributed by atoms with Gasteiger partial charge in [0.05, 0.1) is 32.1 Å². The van der Waals surface area contributed by atoms with Crippen molar-refractivity contribution in [2.75, 3.05) is 26.2 Å². The quantitative estimate of drug-likeness (QED) is 0.104. The molecule has 0 aliphatic rings. The first kappa shape index (κ1) is 34.1. The molecule has 0 bridgehead atoms. The van der Waals surface area contributed by atoms with Crippen LogP contribution in [0.4, 0.5) is 0 Å². The topological polar surface area (TPSA) is 115 Å². The van der Waals surface area contributed by atoms with Gasteiger partial charge in [0.25, 0.3) is 0 Å². The highest BCUT2D eigenvalue weighted by molar-refractivity contribution is 5.70. The minimum Gasteiger partial charge on any atom is -0.550 e. The molecule has 3 unspecified atom stereocenters. The van der Waals surface area contributed by atoms with E-state index in [0.29, 0.717) is 25.8 Å². The van der Waals surface area contributed by atoms with Crippen LogP contribution < -0.4 is 5.11 Å². The van der Waals surface area contributed by atoms with Crippen LogP contribution in [-0.2, 0) is 14.4 Å². The molecule has 0 aromatic carbocycles. The van der Waals surface area contributed by atoms with Crippen LogP contribution in [0.25, 0.3) is 0 Å². The molecule has 3 atom stereocenters. The second-order valence-electron chi connectivity index (χ2n) is 10.5. The molecule has 0 aliphatic carbocycles. The van der Waals surface area contributed by atoms with E-state index in [1.54, 1.807) is 6.92 Å². The maximum Gasteiger partial charge on any atom is 0.312 e. The standard InChI is InChI=1S/C29H53NO6/c1-5-9-10-11-12-13-14-15-16-17-18-19-20-30(21-24(6-2)27(31)32,22-25(7-3)28(33)34)23-26(8-4)29(35)36/h5,9,24-26H,6-8,10-23H2,1-4H3,(H2-,31,32,33,34,35,36)/b9-5+. The van der Waals surface area contributed by atoms with Crippen molar-refractivity contribution >= 4 is 17.9 Å². The van der Waals surface area contributed by atoms with E-state index in [4.69, 9.17) is 0 Å². The third-order valence-electron chi connectivity index (χ3n) is 7.57. The van der Waals surface area contributed by atoms with E-state index in [1.165, 1.54) is 32.1 Å². The summed E-state index contributed by atoms with van der Waals surface area (Å²) < 4.78 is 0.217. The van der Waals surface area contributed by atoms with Gasteiger partial charge in [-0.25, -0.2) is 0 Å². The molecule has 0 aromatic heterocycles. The average Bonchev–Trinajstić information content (AvgIpc) is 2.84. The van der Waals surface area contributed by atoms with Crippen molar-refractivity contribution in [1.82, 2.24) is 0 Å². The molecule has 210 valence electrons. The van der Waals surface area contributed by atoms with Crippen molar-refractivity contribution in [1.29, 1.82) is 0 Å². The minimum atomic E-state index is -1.14. The molecule has 7 nitrogen and oxygen atoms in total. The Morgan fingerprint density at radius 2 is 1.08 bits per heavy atom. The van der Waals surface area contributed by atoms with Crippen LogP contribution in [0.3, 0.4) is 0 Å². The molecule has 0 radical (unpaired) electrons. The van der Waals surface area contributed by atoms with E-state index in [-0.39, 0.29) is 24.1 Å². The molecular weight excluding hydrogens is 458 g/mol. The highest BCUT2D eigenvalue weighted by Crippen LogP contribution is 2.25. The normalized spacial score (nSPS) is 15.9. The van der Waals surface area contributed by atoms with Crippen molar-refractivity contribution in [3.8, 4) is 0 Å². The van der Waals surface area contributed by atoms with Crippen molar-refractivity contribution in [3.63, 3.8) is 0 Å². The first-order valence-electron chi connectivity index (χ1n) is 14.3. The van der Waals surface area contributed by atoms with Crippen molar-refractivity contribution in [2.24, 2.45) is 17.8 Å². The summed E-state index contributed by atoms with van der Waals surface area (Å²) in [7, 11) is 0. The van der Waals surface area contributed by atoms with Gasteiger partial charge in [-0.3, -0.25) is 9.59 Å². The Morgan fingerprint density at radius 1 is 0.694 bits per heavy atom. The van der Waals surface area contributed by atoms with Gasteiger partial charge in [-0.05, 0) is 51.9 Å². The number of hydrogen-bond acceptors (Lipinski definition) is 4. The maximum absolute atomic E-state index is 11.9. The Bertz CT molecular complexity index is 588. The molecule has 2 N–H and O–H groups in total. The largest absolute Gasteiger partial charge is 0.550 e. The number of hydrogen-bond donors (Lipinski definition) is 2. The van der Waals surface area contributed by atoms with Gasteiger partial charge >= 0.3 is 11.9 Å². The van der Waals surface area contributed by atoms with E-state index in [9.17, 15) is 29.7 Å². The lowest BCUT2D eigenvalue weighted by atomic mass is 9.95. The second kappa shape index (κ2) is 20.2. The number of carbonyl (C=O) groups excluding carboxylic acids is 1. The van der Waals surface area contributed by atoms with Crippen molar-refractivity contribution < 1.29 is 34.2 Å². The van der Waals surface area contributed by atoms with Gasteiger partial charge in [0.2, 0.25) is 0 Å². The number of nitrogens with zero attached hydrogens (tertiary/aromatic N) is 1. The molecule has 0 spiro atoms. The lowest BCUT2D eigenvalue weighted by molar-refractivity contribution is -0.935. The van der Waals surface area contributed by atoms with Gasteiger partial charge in [0.15, 0.2) is 0 Å². The van der Waals surface area contributed by atoms with Gasteiger partial charge in [-0.1, -0.05) is 71.4 Å². The van der Waals surface area contributed by atoms with Crippen molar-refractivity contribution in [3.05, 3.63) is 12.2 Å². The van der Waals surface area contributed by atoms with E-state index in [2.05, 4.69) is 19.1 Å². The van der Waals surface area contributed by atoms with Gasteiger partial charge in [0, 0.05) is 5.92 Å². The molecule has 0 aromatic rings. The fraction of sp³-hybridized carbons (Fsp3) is 0.828. The molecular formula is C29H53NO6. The number of quaternary nitrogens is 1. The predicted octanol–water partition coefficient (Wildman–Crippen LogP) is 5.28. The minimum absolute atomic E-state index is 0.217. The van der Waals surface area contributed by atoms with Gasteiger partial charge in [0.1, 0.15) is 11.8 Å². The SMILES string of the molecule is C/C=C/CCCCCCCCCCC[N+](CC(CC)C(=O)[O-])(CC(CC)C(=O)O)CC(CC)C(=O)O. The zero-order valence-electron chi connectivity index (χ0n) is 23.4. The van der Waals surface area contributed by atoms with Crippen LogP contribution in [0.15, 0.2) is 12.2 Å². The van der Waals surface area contributed by atoms with E-state index >= 15 is 0 Å². The average molecular weight is 512 g/mol. The molecule has 0 aliphatic heterocycles. The van der Waals surface area contributed by atoms with E-state index in [0.717, 1.165) is 32.1 Å². The Hall–Kier alpha value is -1.89. The summed E-state index contributed by atoms with van der Waals surface area (Å²) in [6, 6.07) is 0. The summed E-state index contributed by atoms with van der Waals surface area (Å²) in [5, 5.41) is 31.3. The third kappa shape index (κ3) is 14.6. The van der Waals surface area contributed by atoms with Crippen LogP contribution in [-0.4, -0.2) is 58.8 Å². The Labute approximate surface area is 219 Å². The van der Waals surface area contributed by atoms with E-state index < -0.39 is 35.7 Å². The third-order valence-corrected chi connectivity index (χ3v) is 7.57. The number of aliphatic carboxylic acids is 3. The summed E-state index contributed by atoms with van der Waals surface area (Å²) >= 11 is 0. The molecule has 0 amide bonds. The second-order valence-corrected chi connectivity index (χ2v) is 10.5. The Balaban J connectivity index is 5.21. The maximum atomic E-state index is 11.9. The molecule has 0 saturated carbocycles. The summed E-state index contributed by atoms with van der Waals surface area (Å²) in [5.41, 5.74) is 0. The van der Waals surface area contributed by atoms with E-state index in [1.807, 2.05) is 13.8 Å². The highest BCUT2D eigenvalue weighted by Gasteiger charge is 2.39. The number of rotatable bonds is 24. The van der Waals surface area contributed by atoms with Crippen LogP contribution in [0.2, 0.25) is 0 Å². The number of allylic oxidation sites excluding steroid dienone is 2. The molecule has 36 heavy (non-hydrogen) atoms. The first-order valence-corrected chi connectivity index (χ1v) is 14.3. The molecule has 7 heteroatoms. The zero-order chi connectivity index (χ0) is 27.4. The smallest absolute Gasteiger partial charge is 0.312 e. The van der Waals surface area contributed by atoms with Crippen LogP contribution >= 0.6 is 0 Å². The summed E-state index contributed by atoms with van der Waals surface area (Å²) in [6.07, 6.45) is 17.0. The number of carboxylic acids is 3. The number of unbranched alkanes of at least 4 members (excludes halogenated alkanes) is 9. The Morgan fingerprint density at radius 3 is 1.44 bits per heavy atom. The molecule has 0 heterocycles. The van der Waals surface area contributed by atoms with Crippen LogP contribution in [0, 0.1) is 17.8 Å². The van der Waals surface area contributed by atoms with Crippen molar-refractivity contribution in [2.45, 2.75) is 111 Å². The fourth-order valence-electron chi connectivity index (χ4n) is 5.15. The highest BCUT2D eigenvalue weighted by atomic mass is 16.4. The predicted molar refractivity (Wildman–Crippen MR) is 142 cm³/mol. The molecule has 0 fully saturated rings. The van der Waals surface area contributed by atoms with Crippen LogP contribution in [0.5, 0.6) is 0 Å². The lowest BCUT2D eigenvalue weighted by Gasteiger charge is -2.44. The summed E-state index contributed by atoms with van der Waals surface area (Å²) in [6.45, 7) is 8.81. The lowest BCUT2D eigenvalue weighted by Crippen LogP contribution is -2.59. The molecule has 0 saturated heterocycles. The number of carboxylic acid groups (broad SMARTS) is 3. The summed E-state index contributed by atoms with van der Waals surface area (Å²) in [5.74, 6) is -4.95. The van der Waals surface area contributed by atoms with Crippen LogP contribution in [0.1, 0.15) is 111 Å². The van der Waals surface area contributed by atoms with Gasteiger partial charge in [-0.15, -0.1) is 0 Å². The number of carbonyl (C=O) groups is 3. The fourth-order valence-corrected chi connectivity index (χ4v) is 5.15. The Kier molecular flexibility index (Phi) is 19.1. The molecule has 0 rings (SSSR count). The summed E-state index contributed by atoms with van der Waals surface area (Å²) in [4.78, 5) is 35.6. The monoisotopic (exact) mass is 511 g/mol. The first-order chi connectivity index (χ1) is 17.2. The van der Waals surface area contributed by atoms with Gasteiger partial charge in [-0.2, -0.15) is 0 Å². The van der Waals surface area contributed by atoms with Gasteiger partial charge < -0.3 is 24.6 Å².